The number of methoxy groups -OCH3 is 1. The number of nitrogens with zero attached hydrogens (tertiary/aromatic N) is 3. The number of nitro benzene ring substituents is 1. The van der Waals surface area contributed by atoms with Crippen molar-refractivity contribution in [1.29, 1.82) is 0 Å². The van der Waals surface area contributed by atoms with Crippen molar-refractivity contribution in [2.24, 2.45) is 11.0 Å². The van der Waals surface area contributed by atoms with Crippen molar-refractivity contribution in [3.63, 3.8) is 0 Å². The van der Waals surface area contributed by atoms with E-state index in [1.165, 1.54) is 12.8 Å². The Morgan fingerprint density at radius 2 is 2.16 bits per heavy atom. The molecule has 3 fully saturated rings. The molecule has 8 heteroatoms. The van der Waals surface area contributed by atoms with E-state index in [0.717, 1.165) is 31.5 Å². The average molecular weight is 346 g/mol. The van der Waals surface area contributed by atoms with E-state index in [4.69, 9.17) is 9.47 Å². The number of piperidine rings is 3. The fourth-order valence-electron chi connectivity index (χ4n) is 4.30. The van der Waals surface area contributed by atoms with Gasteiger partial charge >= 0.3 is 5.69 Å². The fraction of sp³-hybridized carbons (Fsp3) is 0.588. The van der Waals surface area contributed by atoms with Crippen LogP contribution >= 0.6 is 0 Å². The van der Waals surface area contributed by atoms with Crippen molar-refractivity contribution in [2.45, 2.75) is 31.8 Å². The van der Waals surface area contributed by atoms with Gasteiger partial charge < -0.3 is 14.9 Å². The summed E-state index contributed by atoms with van der Waals surface area (Å²) >= 11 is 0. The topological polar surface area (TPSA) is 89.2 Å². The van der Waals surface area contributed by atoms with Crippen molar-refractivity contribution in [1.82, 2.24) is 10.3 Å². The average Bonchev–Trinajstić information content (AvgIpc) is 3.09. The monoisotopic (exact) mass is 346 g/mol. The van der Waals surface area contributed by atoms with Crippen molar-refractivity contribution in [2.75, 3.05) is 26.8 Å². The van der Waals surface area contributed by atoms with Crippen LogP contribution in [0.5, 0.6) is 11.5 Å². The molecule has 3 saturated heterocycles. The molecule has 0 amide bonds. The molecule has 0 spiro atoms. The normalized spacial score (nSPS) is 29.6. The van der Waals surface area contributed by atoms with E-state index in [2.05, 4.69) is 15.4 Å². The minimum Gasteiger partial charge on any atom is -0.490 e. The maximum atomic E-state index is 11.5. The molecule has 4 aliphatic heterocycles. The zero-order valence-corrected chi connectivity index (χ0v) is 14.4. The zero-order valence-electron chi connectivity index (χ0n) is 14.4. The third kappa shape index (κ3) is 2.52. The fourth-order valence-corrected chi connectivity index (χ4v) is 4.30. The Labute approximate surface area is 145 Å². The van der Waals surface area contributed by atoms with Crippen LogP contribution in [0.2, 0.25) is 0 Å². The van der Waals surface area contributed by atoms with E-state index >= 15 is 0 Å². The quantitative estimate of drug-likeness (QED) is 0.649. The first-order valence-corrected chi connectivity index (χ1v) is 8.70. The van der Waals surface area contributed by atoms with Gasteiger partial charge in [-0.3, -0.25) is 15.0 Å². The second-order valence-corrected chi connectivity index (χ2v) is 6.66. The van der Waals surface area contributed by atoms with Gasteiger partial charge in [0.15, 0.2) is 5.75 Å². The van der Waals surface area contributed by atoms with E-state index < -0.39 is 4.92 Å². The van der Waals surface area contributed by atoms with Crippen molar-refractivity contribution in [3.8, 4) is 11.5 Å². The van der Waals surface area contributed by atoms with Crippen molar-refractivity contribution >= 4 is 11.4 Å². The SMILES string of the molecule is CCOc1cc(C2NN=C3C4CCN(CC4)C32)cc([N+](=O)[O-])c1OC. The lowest BCUT2D eigenvalue weighted by Gasteiger charge is -2.45. The number of benzene rings is 1. The summed E-state index contributed by atoms with van der Waals surface area (Å²) in [5, 5.41) is 16.1. The second-order valence-electron chi connectivity index (χ2n) is 6.66. The van der Waals surface area contributed by atoms with Crippen LogP contribution in [0.25, 0.3) is 0 Å². The number of fused-ring (bicyclic) bond motifs is 2. The molecular formula is C17H22N4O4. The van der Waals surface area contributed by atoms with Gasteiger partial charge in [-0.25, -0.2) is 0 Å². The summed E-state index contributed by atoms with van der Waals surface area (Å²) in [4.78, 5) is 13.5. The molecule has 4 heterocycles. The van der Waals surface area contributed by atoms with Gasteiger partial charge in [0.2, 0.25) is 5.75 Å². The highest BCUT2D eigenvalue weighted by atomic mass is 16.6. The summed E-state index contributed by atoms with van der Waals surface area (Å²) in [7, 11) is 1.42. The molecule has 1 N–H and O–H groups in total. The Kier molecular flexibility index (Phi) is 3.99. The highest BCUT2D eigenvalue weighted by Crippen LogP contribution is 2.44. The highest BCUT2D eigenvalue weighted by molar-refractivity contribution is 5.95. The molecule has 0 aromatic heterocycles. The second kappa shape index (κ2) is 6.18. The van der Waals surface area contributed by atoms with E-state index in [1.807, 2.05) is 13.0 Å². The molecule has 25 heavy (non-hydrogen) atoms. The minimum atomic E-state index is -0.422. The third-order valence-electron chi connectivity index (χ3n) is 5.41. The van der Waals surface area contributed by atoms with Crippen LogP contribution < -0.4 is 14.9 Å². The number of rotatable bonds is 5. The van der Waals surface area contributed by atoms with E-state index in [9.17, 15) is 10.1 Å². The van der Waals surface area contributed by atoms with E-state index in [1.54, 1.807) is 6.07 Å². The molecule has 0 radical (unpaired) electrons. The smallest absolute Gasteiger partial charge is 0.315 e. The summed E-state index contributed by atoms with van der Waals surface area (Å²) < 4.78 is 10.8. The lowest BCUT2D eigenvalue weighted by molar-refractivity contribution is -0.385. The number of nitro groups is 1. The summed E-state index contributed by atoms with van der Waals surface area (Å²) in [5.74, 6) is 1.10. The van der Waals surface area contributed by atoms with E-state index in [-0.39, 0.29) is 23.5 Å². The van der Waals surface area contributed by atoms with Gasteiger partial charge in [0, 0.05) is 12.0 Å². The Bertz CT molecular complexity index is 728. The van der Waals surface area contributed by atoms with Crippen LogP contribution in [0.1, 0.15) is 31.4 Å². The number of nitrogens with one attached hydrogen (secondary N) is 1. The molecule has 134 valence electrons. The lowest BCUT2D eigenvalue weighted by atomic mass is 9.78. The molecule has 8 nitrogen and oxygen atoms in total. The molecular weight excluding hydrogens is 324 g/mol. The molecule has 5 rings (SSSR count). The molecule has 0 aliphatic carbocycles. The van der Waals surface area contributed by atoms with Gasteiger partial charge in [-0.15, -0.1) is 0 Å². The molecule has 2 unspecified atom stereocenters. The summed E-state index contributed by atoms with van der Waals surface area (Å²) in [6.45, 7) is 4.37. The Morgan fingerprint density at radius 1 is 1.40 bits per heavy atom. The van der Waals surface area contributed by atoms with E-state index in [0.29, 0.717) is 18.3 Å². The standard InChI is InChI=1S/C17H22N4O4/c1-3-25-13-9-11(8-12(21(22)23)17(13)24-2)15-16-14(18-19-15)10-4-6-20(16)7-5-10/h8-10,15-16,19H,3-7H2,1-2H3. The first-order chi connectivity index (χ1) is 12.1. The van der Waals surface area contributed by atoms with Gasteiger partial charge in [-0.1, -0.05) is 0 Å². The van der Waals surface area contributed by atoms with Gasteiger partial charge in [0.25, 0.3) is 0 Å². The van der Waals surface area contributed by atoms with Crippen molar-refractivity contribution in [3.05, 3.63) is 27.8 Å². The first-order valence-electron chi connectivity index (χ1n) is 8.70. The Balaban J connectivity index is 1.74. The van der Waals surface area contributed by atoms with Crippen LogP contribution in [-0.2, 0) is 0 Å². The maximum Gasteiger partial charge on any atom is 0.315 e. The van der Waals surface area contributed by atoms with Crippen molar-refractivity contribution < 1.29 is 14.4 Å². The number of hydrogen-bond acceptors (Lipinski definition) is 7. The molecule has 1 aromatic rings. The van der Waals surface area contributed by atoms with Crippen LogP contribution in [0.3, 0.4) is 0 Å². The minimum absolute atomic E-state index is 0.0744. The summed E-state index contributed by atoms with van der Waals surface area (Å²) in [5.41, 5.74) is 5.15. The van der Waals surface area contributed by atoms with Crippen LogP contribution in [0.4, 0.5) is 5.69 Å². The molecule has 4 aliphatic rings. The van der Waals surface area contributed by atoms with Gasteiger partial charge in [0.1, 0.15) is 0 Å². The third-order valence-corrected chi connectivity index (χ3v) is 5.41. The van der Waals surface area contributed by atoms with Crippen LogP contribution in [-0.4, -0.2) is 48.4 Å². The lowest BCUT2D eigenvalue weighted by Crippen LogP contribution is -2.56. The summed E-state index contributed by atoms with van der Waals surface area (Å²) in [6.07, 6.45) is 2.30. The number of ether oxygens (including phenoxy) is 2. The van der Waals surface area contributed by atoms with Crippen LogP contribution in [0, 0.1) is 16.0 Å². The molecule has 2 atom stereocenters. The van der Waals surface area contributed by atoms with Gasteiger partial charge in [-0.2, -0.15) is 5.10 Å². The van der Waals surface area contributed by atoms with Gasteiger partial charge in [-0.05, 0) is 44.5 Å². The largest absolute Gasteiger partial charge is 0.490 e. The maximum absolute atomic E-state index is 11.5. The molecule has 1 aromatic carbocycles. The van der Waals surface area contributed by atoms with Crippen LogP contribution in [0.15, 0.2) is 17.2 Å². The molecule has 2 bridgehead atoms. The number of hydrogen-bond donors (Lipinski definition) is 1. The van der Waals surface area contributed by atoms with Gasteiger partial charge in [0.05, 0.1) is 36.4 Å². The zero-order chi connectivity index (χ0) is 17.6. The predicted molar refractivity (Wildman–Crippen MR) is 92.2 cm³/mol. The summed E-state index contributed by atoms with van der Waals surface area (Å²) in [6, 6.07) is 3.51. The predicted octanol–water partition coefficient (Wildman–Crippen LogP) is 2.10. The molecule has 0 saturated carbocycles. The number of hydrazone groups is 1. The first kappa shape index (κ1) is 16.1. The Morgan fingerprint density at radius 3 is 2.80 bits per heavy atom. The highest BCUT2D eigenvalue weighted by Gasteiger charge is 2.47. The Hall–Kier alpha value is -2.35.